The van der Waals surface area contributed by atoms with Gasteiger partial charge in [-0.3, -0.25) is 18.7 Å². The number of nitrogens with zero attached hydrogens (tertiary/aromatic N) is 2. The van der Waals surface area contributed by atoms with Gasteiger partial charge in [0.1, 0.15) is 6.61 Å². The van der Waals surface area contributed by atoms with E-state index in [4.69, 9.17) is 5.11 Å². The number of aliphatic hydroxyl groups excluding tert-OH is 1. The van der Waals surface area contributed by atoms with E-state index in [-0.39, 0.29) is 30.1 Å². The Kier molecular flexibility index (Phi) is 6.14. The van der Waals surface area contributed by atoms with Crippen LogP contribution in [0, 0.1) is 6.92 Å². The summed E-state index contributed by atoms with van der Waals surface area (Å²) in [4.78, 5) is 38.1. The fraction of sp³-hybridized carbons (Fsp3) is 0.192. The lowest BCUT2D eigenvalue weighted by Gasteiger charge is -2.14. The number of aliphatic hydroxyl groups is 1. The quantitative estimate of drug-likeness (QED) is 0.459. The highest BCUT2D eigenvalue weighted by atomic mass is 16.3. The number of ketones is 1. The zero-order chi connectivity index (χ0) is 22.7. The van der Waals surface area contributed by atoms with E-state index in [1.807, 2.05) is 31.2 Å². The second kappa shape index (κ2) is 9.16. The lowest BCUT2D eigenvalue weighted by Crippen LogP contribution is -2.40. The van der Waals surface area contributed by atoms with Gasteiger partial charge >= 0.3 is 5.69 Å². The first kappa shape index (κ1) is 21.5. The van der Waals surface area contributed by atoms with Gasteiger partial charge < -0.3 is 5.11 Å². The van der Waals surface area contributed by atoms with Crippen LogP contribution in [0.3, 0.4) is 0 Å². The van der Waals surface area contributed by atoms with Crippen LogP contribution in [-0.2, 0) is 19.5 Å². The molecule has 6 nitrogen and oxygen atoms in total. The van der Waals surface area contributed by atoms with E-state index < -0.39 is 6.61 Å². The SMILES string of the molecule is Cc1ccc(CCn2c(=O)c3ccccc3n(Cc3ccc(C(=O)CO)cc3)c2=O)cc1. The maximum absolute atomic E-state index is 13.3. The molecular formula is C26H24N2O4. The Morgan fingerprint density at radius 1 is 0.844 bits per heavy atom. The van der Waals surface area contributed by atoms with Crippen LogP contribution in [0.2, 0.25) is 0 Å². The van der Waals surface area contributed by atoms with Gasteiger partial charge in [0.05, 0.1) is 17.4 Å². The topological polar surface area (TPSA) is 81.3 Å². The van der Waals surface area contributed by atoms with Crippen LogP contribution in [0.4, 0.5) is 0 Å². The summed E-state index contributed by atoms with van der Waals surface area (Å²) in [5, 5.41) is 9.51. The Bertz CT molecular complexity index is 1380. The Labute approximate surface area is 185 Å². The largest absolute Gasteiger partial charge is 0.388 e. The van der Waals surface area contributed by atoms with E-state index in [2.05, 4.69) is 0 Å². The number of carbonyl (C=O) groups excluding carboxylic acids is 1. The van der Waals surface area contributed by atoms with Crippen molar-refractivity contribution >= 4 is 16.7 Å². The molecule has 1 N–H and O–H groups in total. The minimum atomic E-state index is -0.546. The zero-order valence-electron chi connectivity index (χ0n) is 17.8. The molecule has 0 fully saturated rings. The Morgan fingerprint density at radius 2 is 1.50 bits per heavy atom. The average Bonchev–Trinajstić information content (AvgIpc) is 2.82. The summed E-state index contributed by atoms with van der Waals surface area (Å²) in [7, 11) is 0. The van der Waals surface area contributed by atoms with Crippen molar-refractivity contribution in [2.45, 2.75) is 26.4 Å². The molecule has 6 heteroatoms. The Morgan fingerprint density at radius 3 is 2.19 bits per heavy atom. The fourth-order valence-corrected chi connectivity index (χ4v) is 3.79. The van der Waals surface area contributed by atoms with Crippen molar-refractivity contribution in [1.82, 2.24) is 9.13 Å². The standard InChI is InChI=1S/C26H24N2O4/c1-18-6-8-19(9-7-18)14-15-27-25(31)22-4-2-3-5-23(22)28(26(27)32)16-20-10-12-21(13-11-20)24(30)17-29/h2-13,29H,14-17H2,1H3. The summed E-state index contributed by atoms with van der Waals surface area (Å²) < 4.78 is 2.89. The van der Waals surface area contributed by atoms with Crippen molar-refractivity contribution in [3.05, 3.63) is 116 Å². The maximum atomic E-state index is 13.3. The van der Waals surface area contributed by atoms with Crippen LogP contribution in [-0.4, -0.2) is 26.6 Å². The maximum Gasteiger partial charge on any atom is 0.331 e. The van der Waals surface area contributed by atoms with Gasteiger partial charge in [-0.15, -0.1) is 0 Å². The molecule has 0 saturated carbocycles. The van der Waals surface area contributed by atoms with Gasteiger partial charge in [-0.2, -0.15) is 0 Å². The van der Waals surface area contributed by atoms with Gasteiger partial charge in [0.2, 0.25) is 0 Å². The van der Waals surface area contributed by atoms with Crippen molar-refractivity contribution in [2.24, 2.45) is 0 Å². The second-order valence-electron chi connectivity index (χ2n) is 7.86. The molecule has 0 aliphatic heterocycles. The highest BCUT2D eigenvalue weighted by molar-refractivity contribution is 5.96. The number of carbonyl (C=O) groups is 1. The molecule has 0 unspecified atom stereocenters. The summed E-state index contributed by atoms with van der Waals surface area (Å²) >= 11 is 0. The van der Waals surface area contributed by atoms with Crippen LogP contribution in [0.5, 0.6) is 0 Å². The minimum absolute atomic E-state index is 0.262. The number of aromatic nitrogens is 2. The van der Waals surface area contributed by atoms with Gasteiger partial charge in [-0.25, -0.2) is 4.79 Å². The predicted octanol–water partition coefficient (Wildman–Crippen LogP) is 2.94. The molecular weight excluding hydrogens is 404 g/mol. The summed E-state index contributed by atoms with van der Waals surface area (Å²) in [6, 6.07) is 21.9. The third kappa shape index (κ3) is 4.31. The van der Waals surface area contributed by atoms with E-state index in [0.717, 1.165) is 16.7 Å². The third-order valence-electron chi connectivity index (χ3n) is 5.64. The molecule has 0 aliphatic rings. The number of benzene rings is 3. The van der Waals surface area contributed by atoms with E-state index in [1.54, 1.807) is 53.1 Å². The molecule has 3 aromatic carbocycles. The fourth-order valence-electron chi connectivity index (χ4n) is 3.79. The Balaban J connectivity index is 1.73. The van der Waals surface area contributed by atoms with Crippen LogP contribution in [0.25, 0.3) is 10.9 Å². The first-order chi connectivity index (χ1) is 15.5. The monoisotopic (exact) mass is 428 g/mol. The highest BCUT2D eigenvalue weighted by Crippen LogP contribution is 2.12. The first-order valence-electron chi connectivity index (χ1n) is 10.5. The lowest BCUT2D eigenvalue weighted by atomic mass is 10.1. The second-order valence-corrected chi connectivity index (χ2v) is 7.86. The van der Waals surface area contributed by atoms with Crippen LogP contribution < -0.4 is 11.2 Å². The number of Topliss-reactive ketones (excluding diaryl/α,β-unsaturated/α-hetero) is 1. The number of hydrogen-bond donors (Lipinski definition) is 1. The van der Waals surface area contributed by atoms with E-state index in [9.17, 15) is 14.4 Å². The van der Waals surface area contributed by atoms with Crippen LogP contribution in [0.15, 0.2) is 82.4 Å². The van der Waals surface area contributed by atoms with Gasteiger partial charge in [0.15, 0.2) is 5.78 Å². The van der Waals surface area contributed by atoms with Gasteiger partial charge in [0, 0.05) is 12.1 Å². The predicted molar refractivity (Wildman–Crippen MR) is 124 cm³/mol. The summed E-state index contributed by atoms with van der Waals surface area (Å²) in [6.45, 7) is 2.02. The van der Waals surface area contributed by atoms with Crippen LogP contribution in [0.1, 0.15) is 27.0 Å². The molecule has 32 heavy (non-hydrogen) atoms. The molecule has 0 aliphatic carbocycles. The molecule has 1 aromatic heterocycles. The smallest absolute Gasteiger partial charge is 0.331 e. The molecule has 0 radical (unpaired) electrons. The number of fused-ring (bicyclic) bond motifs is 1. The van der Waals surface area contributed by atoms with E-state index >= 15 is 0 Å². The molecule has 0 amide bonds. The van der Waals surface area contributed by atoms with Gasteiger partial charge in [-0.1, -0.05) is 66.2 Å². The number of para-hydroxylation sites is 1. The molecule has 4 rings (SSSR count). The molecule has 0 saturated heterocycles. The Hall–Kier alpha value is -3.77. The normalized spacial score (nSPS) is 11.1. The molecule has 0 bridgehead atoms. The summed E-state index contributed by atoms with van der Waals surface area (Å²) in [5.41, 5.74) is 3.36. The van der Waals surface area contributed by atoms with Crippen molar-refractivity contribution in [3.63, 3.8) is 0 Å². The molecule has 0 spiro atoms. The first-order valence-corrected chi connectivity index (χ1v) is 10.5. The molecule has 1 heterocycles. The summed E-state index contributed by atoms with van der Waals surface area (Å²) in [6.07, 6.45) is 0.575. The van der Waals surface area contributed by atoms with Crippen molar-refractivity contribution in [3.8, 4) is 0 Å². The van der Waals surface area contributed by atoms with E-state index in [0.29, 0.717) is 22.9 Å². The van der Waals surface area contributed by atoms with Crippen LogP contribution >= 0.6 is 0 Å². The molecule has 4 aromatic rings. The number of aryl methyl sites for hydroxylation is 2. The minimum Gasteiger partial charge on any atom is -0.388 e. The molecule has 0 atom stereocenters. The zero-order valence-corrected chi connectivity index (χ0v) is 17.8. The molecule has 162 valence electrons. The van der Waals surface area contributed by atoms with Crippen molar-refractivity contribution in [1.29, 1.82) is 0 Å². The third-order valence-corrected chi connectivity index (χ3v) is 5.64. The van der Waals surface area contributed by atoms with E-state index in [1.165, 1.54) is 4.57 Å². The number of hydrogen-bond acceptors (Lipinski definition) is 4. The highest BCUT2D eigenvalue weighted by Gasteiger charge is 2.14. The lowest BCUT2D eigenvalue weighted by molar-refractivity contribution is 0.0903. The van der Waals surface area contributed by atoms with Gasteiger partial charge in [0.25, 0.3) is 5.56 Å². The van der Waals surface area contributed by atoms with Crippen molar-refractivity contribution in [2.75, 3.05) is 6.61 Å². The average molecular weight is 428 g/mol. The number of rotatable bonds is 7. The van der Waals surface area contributed by atoms with Gasteiger partial charge in [-0.05, 0) is 36.6 Å². The van der Waals surface area contributed by atoms with Crippen molar-refractivity contribution < 1.29 is 9.90 Å². The summed E-state index contributed by atoms with van der Waals surface area (Å²) in [5.74, 6) is -0.358.